The standard InChI is InChI=1S/C18H14N2O6S2/c21-15(22)2-1-3-20-17(24)14(28-18(20)27)6-10-4-9-5-12-13(26-8-25-12)7-11(9)19-16(10)23/h4-7,24H,1-3,8H2,(H,21,22)/b10-6-. The van der Waals surface area contributed by atoms with Crippen LogP contribution < -0.4 is 20.0 Å². The Kier molecular flexibility index (Phi) is 4.73. The molecule has 0 radical (unpaired) electrons. The Morgan fingerprint density at radius 2 is 2.11 bits per heavy atom. The van der Waals surface area contributed by atoms with Gasteiger partial charge >= 0.3 is 5.97 Å². The number of fused-ring (bicyclic) bond motifs is 2. The minimum absolute atomic E-state index is 0.0223. The number of aromatic hydroxyl groups is 1. The largest absolute Gasteiger partial charge is 0.493 e. The summed E-state index contributed by atoms with van der Waals surface area (Å²) < 4.78 is 12.5. The lowest BCUT2D eigenvalue weighted by molar-refractivity contribution is -0.137. The molecule has 2 aliphatic rings. The fraction of sp³-hybridized carbons (Fsp3) is 0.222. The number of rotatable bonds is 5. The van der Waals surface area contributed by atoms with Crippen LogP contribution in [0.15, 0.2) is 22.7 Å². The maximum absolute atomic E-state index is 12.4. The Morgan fingerprint density at radius 1 is 1.36 bits per heavy atom. The van der Waals surface area contributed by atoms with Gasteiger partial charge in [0.05, 0.1) is 10.2 Å². The number of hydrogen-bond donors (Lipinski definition) is 2. The number of carboxylic acid groups (broad SMARTS) is 1. The number of benzene rings is 1. The monoisotopic (exact) mass is 418 g/mol. The van der Waals surface area contributed by atoms with E-state index in [-0.39, 0.29) is 25.6 Å². The van der Waals surface area contributed by atoms with Gasteiger partial charge in [-0.3, -0.25) is 14.2 Å². The second kappa shape index (κ2) is 7.21. The van der Waals surface area contributed by atoms with Crippen molar-refractivity contribution in [3.63, 3.8) is 0 Å². The minimum Gasteiger partial charge on any atom is -0.493 e. The van der Waals surface area contributed by atoms with Crippen LogP contribution in [0.2, 0.25) is 0 Å². The Labute approximate surface area is 167 Å². The number of aromatic nitrogens is 1. The molecule has 2 N–H and O–H groups in total. The maximum Gasteiger partial charge on any atom is 0.303 e. The number of amides is 1. The summed E-state index contributed by atoms with van der Waals surface area (Å²) >= 11 is 6.39. The highest BCUT2D eigenvalue weighted by Gasteiger charge is 2.19. The van der Waals surface area contributed by atoms with Crippen molar-refractivity contribution in [3.8, 4) is 17.4 Å². The smallest absolute Gasteiger partial charge is 0.303 e. The van der Waals surface area contributed by atoms with E-state index in [1.807, 2.05) is 0 Å². The molecule has 1 aromatic carbocycles. The van der Waals surface area contributed by atoms with Gasteiger partial charge in [0, 0.05) is 29.8 Å². The van der Waals surface area contributed by atoms with Crippen molar-refractivity contribution in [3.05, 3.63) is 37.1 Å². The first-order valence-corrected chi connectivity index (χ1v) is 9.55. The van der Waals surface area contributed by atoms with Crippen molar-refractivity contribution in [2.24, 2.45) is 4.99 Å². The van der Waals surface area contributed by atoms with Crippen LogP contribution in [-0.4, -0.2) is 33.4 Å². The zero-order chi connectivity index (χ0) is 19.8. The minimum atomic E-state index is -0.910. The normalized spacial score (nSPS) is 15.9. The number of ether oxygens (including phenoxy) is 2. The molecule has 1 amide bonds. The summed E-state index contributed by atoms with van der Waals surface area (Å²) in [6.07, 6.45) is 3.52. The van der Waals surface area contributed by atoms with Gasteiger partial charge in [0.1, 0.15) is 0 Å². The highest BCUT2D eigenvalue weighted by atomic mass is 32.1. The van der Waals surface area contributed by atoms with Gasteiger partial charge in [0.2, 0.25) is 12.7 Å². The van der Waals surface area contributed by atoms with Gasteiger partial charge in [-0.15, -0.1) is 11.3 Å². The van der Waals surface area contributed by atoms with Gasteiger partial charge in [0.15, 0.2) is 15.5 Å². The number of aliphatic carboxylic acids is 1. The van der Waals surface area contributed by atoms with Crippen molar-refractivity contribution >= 4 is 47.6 Å². The van der Waals surface area contributed by atoms with Crippen molar-refractivity contribution in [1.82, 2.24) is 4.57 Å². The van der Waals surface area contributed by atoms with Crippen molar-refractivity contribution in [1.29, 1.82) is 0 Å². The first-order chi connectivity index (χ1) is 13.4. The summed E-state index contributed by atoms with van der Waals surface area (Å²) in [5.74, 6) is -0.313. The molecule has 3 heterocycles. The van der Waals surface area contributed by atoms with Crippen LogP contribution in [0.3, 0.4) is 0 Å². The van der Waals surface area contributed by atoms with Crippen molar-refractivity contribution in [2.75, 3.05) is 6.79 Å². The lowest BCUT2D eigenvalue weighted by Gasteiger charge is -2.05. The van der Waals surface area contributed by atoms with Crippen LogP contribution >= 0.6 is 23.6 Å². The molecule has 0 unspecified atom stereocenters. The molecule has 144 valence electrons. The molecule has 0 atom stereocenters. The van der Waals surface area contributed by atoms with E-state index in [0.29, 0.717) is 42.9 Å². The van der Waals surface area contributed by atoms with Gasteiger partial charge in [-0.2, -0.15) is 0 Å². The lowest BCUT2D eigenvalue weighted by Crippen LogP contribution is -2.30. The summed E-state index contributed by atoms with van der Waals surface area (Å²) in [6.45, 7) is 0.409. The Morgan fingerprint density at radius 3 is 2.86 bits per heavy atom. The molecule has 2 aliphatic heterocycles. The van der Waals surface area contributed by atoms with E-state index < -0.39 is 11.9 Å². The fourth-order valence-corrected chi connectivity index (χ4v) is 4.21. The second-order valence-electron chi connectivity index (χ2n) is 6.13. The van der Waals surface area contributed by atoms with E-state index in [1.165, 1.54) is 10.6 Å². The number of nitrogens with zero attached hydrogens (tertiary/aromatic N) is 2. The molecule has 0 fully saturated rings. The van der Waals surface area contributed by atoms with Gasteiger partial charge in [-0.25, -0.2) is 4.99 Å². The third kappa shape index (κ3) is 3.43. The number of hydrogen-bond acceptors (Lipinski definition) is 7. The van der Waals surface area contributed by atoms with Crippen LogP contribution in [0, 0.1) is 3.95 Å². The third-order valence-corrected chi connectivity index (χ3v) is 5.64. The average Bonchev–Trinajstić information content (AvgIpc) is 3.19. The van der Waals surface area contributed by atoms with Crippen molar-refractivity contribution in [2.45, 2.75) is 19.4 Å². The molecular weight excluding hydrogens is 404 g/mol. The predicted molar refractivity (Wildman–Crippen MR) is 102 cm³/mol. The van der Waals surface area contributed by atoms with Gasteiger partial charge in [0.25, 0.3) is 5.91 Å². The molecule has 8 nitrogen and oxygen atoms in total. The molecule has 10 heteroatoms. The molecular formula is C18H14N2O6S2. The van der Waals surface area contributed by atoms with E-state index in [4.69, 9.17) is 26.8 Å². The maximum atomic E-state index is 12.4. The Bertz CT molecular complexity index is 1210. The van der Waals surface area contributed by atoms with E-state index in [2.05, 4.69) is 4.99 Å². The molecule has 1 aromatic heterocycles. The zero-order valence-corrected chi connectivity index (χ0v) is 16.0. The molecule has 0 bridgehead atoms. The molecule has 4 rings (SSSR count). The molecule has 0 saturated heterocycles. The SMILES string of the molecule is O=C(O)CCCn1c(O)c(/C=C2/C=c3cc4c(cc3=NC2=O)OCO4)sc1=S. The highest BCUT2D eigenvalue weighted by molar-refractivity contribution is 7.73. The summed E-state index contributed by atoms with van der Waals surface area (Å²) in [5, 5.41) is 20.4. The van der Waals surface area contributed by atoms with Crippen LogP contribution in [0.25, 0.3) is 12.2 Å². The number of carboxylic acids is 1. The summed E-state index contributed by atoms with van der Waals surface area (Å²) in [6, 6.07) is 3.41. The van der Waals surface area contributed by atoms with Gasteiger partial charge < -0.3 is 19.7 Å². The highest BCUT2D eigenvalue weighted by Crippen LogP contribution is 2.30. The first kappa shape index (κ1) is 18.4. The number of thiazole rings is 1. The Hall–Kier alpha value is -2.98. The van der Waals surface area contributed by atoms with E-state index >= 15 is 0 Å². The summed E-state index contributed by atoms with van der Waals surface area (Å²) in [5.41, 5.74) is 0.301. The van der Waals surface area contributed by atoms with Crippen LogP contribution in [0.4, 0.5) is 0 Å². The number of carbonyl (C=O) groups is 2. The number of carbonyl (C=O) groups excluding carboxylic acids is 1. The van der Waals surface area contributed by atoms with Crippen LogP contribution in [0.5, 0.6) is 17.4 Å². The second-order valence-corrected chi connectivity index (χ2v) is 7.81. The molecule has 28 heavy (non-hydrogen) atoms. The average molecular weight is 418 g/mol. The lowest BCUT2D eigenvalue weighted by atomic mass is 10.1. The molecule has 2 aromatic rings. The van der Waals surface area contributed by atoms with Gasteiger partial charge in [-0.1, -0.05) is 0 Å². The molecule has 0 spiro atoms. The Balaban J connectivity index is 1.69. The topological polar surface area (TPSA) is 110 Å². The van der Waals surface area contributed by atoms with Crippen LogP contribution in [0.1, 0.15) is 17.7 Å². The predicted octanol–water partition coefficient (Wildman–Crippen LogP) is 1.60. The van der Waals surface area contributed by atoms with Crippen LogP contribution in [-0.2, 0) is 16.1 Å². The van der Waals surface area contributed by atoms with Crippen molar-refractivity contribution < 1.29 is 29.3 Å². The van der Waals surface area contributed by atoms with E-state index in [0.717, 1.165) is 11.3 Å². The molecule has 0 aliphatic carbocycles. The zero-order valence-electron chi connectivity index (χ0n) is 14.4. The van der Waals surface area contributed by atoms with Gasteiger partial charge in [-0.05, 0) is 36.9 Å². The van der Waals surface area contributed by atoms with E-state index in [9.17, 15) is 14.7 Å². The third-order valence-electron chi connectivity index (χ3n) is 4.25. The fourth-order valence-electron chi connectivity index (χ4n) is 2.90. The molecule has 0 saturated carbocycles. The first-order valence-electron chi connectivity index (χ1n) is 8.33. The quantitative estimate of drug-likeness (QED) is 0.561. The van der Waals surface area contributed by atoms with E-state index in [1.54, 1.807) is 18.2 Å². The summed E-state index contributed by atoms with van der Waals surface area (Å²) in [4.78, 5) is 27.6. The summed E-state index contributed by atoms with van der Waals surface area (Å²) in [7, 11) is 0.